The first kappa shape index (κ1) is 19.3. The summed E-state index contributed by atoms with van der Waals surface area (Å²) >= 11 is 5.84. The third kappa shape index (κ3) is 4.44. The molecule has 1 saturated carbocycles. The van der Waals surface area contributed by atoms with Gasteiger partial charge in [0.25, 0.3) is 0 Å². The average molecular weight is 415 g/mol. The van der Waals surface area contributed by atoms with Gasteiger partial charge in [0.1, 0.15) is 0 Å². The van der Waals surface area contributed by atoms with Crippen LogP contribution in [-0.2, 0) is 26.6 Å². The molecule has 0 saturated heterocycles. The van der Waals surface area contributed by atoms with Crippen LogP contribution in [0, 0.1) is 0 Å². The summed E-state index contributed by atoms with van der Waals surface area (Å²) in [5, 5.41) is 0.570. The third-order valence-corrected chi connectivity index (χ3v) is 7.61. The molecule has 0 unspecified atom stereocenters. The van der Waals surface area contributed by atoms with Gasteiger partial charge in [0, 0.05) is 24.7 Å². The molecule has 1 aliphatic carbocycles. The van der Waals surface area contributed by atoms with E-state index < -0.39 is 20.0 Å². The van der Waals surface area contributed by atoms with Gasteiger partial charge in [-0.15, -0.1) is 0 Å². The normalized spacial score (nSPS) is 15.3. The molecule has 0 bridgehead atoms. The molecule has 0 heterocycles. The van der Waals surface area contributed by atoms with Crippen molar-refractivity contribution in [2.24, 2.45) is 0 Å². The molecule has 3 rings (SSSR count). The molecule has 0 spiro atoms. The first-order chi connectivity index (χ1) is 12.2. The Labute approximate surface area is 158 Å². The molecule has 140 valence electrons. The van der Waals surface area contributed by atoms with E-state index in [2.05, 4.69) is 4.72 Å². The Kier molecular flexibility index (Phi) is 5.41. The molecule has 1 aliphatic rings. The molecule has 9 heteroatoms. The van der Waals surface area contributed by atoms with E-state index >= 15 is 0 Å². The summed E-state index contributed by atoms with van der Waals surface area (Å²) in [6, 6.07) is 12.2. The van der Waals surface area contributed by atoms with Gasteiger partial charge in [-0.25, -0.2) is 21.6 Å². The summed E-state index contributed by atoms with van der Waals surface area (Å²) in [5.41, 5.74) is 0.777. The minimum atomic E-state index is -3.83. The van der Waals surface area contributed by atoms with Crippen molar-refractivity contribution in [3.8, 4) is 0 Å². The lowest BCUT2D eigenvalue weighted by Gasteiger charge is -2.18. The summed E-state index contributed by atoms with van der Waals surface area (Å²) in [7, 11) is -6.10. The topological polar surface area (TPSA) is 83.6 Å². The van der Waals surface area contributed by atoms with Crippen LogP contribution in [0.4, 0.5) is 0 Å². The molecule has 2 aromatic rings. The van der Waals surface area contributed by atoms with Gasteiger partial charge in [0.05, 0.1) is 9.79 Å². The standard InChI is InChI=1S/C17H19ClN2O4S2/c1-20(12-13-5-7-14(18)8-6-13)26(23,24)17-4-2-3-16(11-17)25(21,22)19-15-9-10-15/h2-8,11,15,19H,9-10,12H2,1H3. The van der Waals surface area contributed by atoms with E-state index in [4.69, 9.17) is 11.6 Å². The largest absolute Gasteiger partial charge is 0.243 e. The summed E-state index contributed by atoms with van der Waals surface area (Å²) in [6.07, 6.45) is 1.61. The fourth-order valence-corrected chi connectivity index (χ4v) is 5.16. The second-order valence-corrected chi connectivity index (χ2v) is 10.5. The number of halogens is 1. The highest BCUT2D eigenvalue weighted by Gasteiger charge is 2.29. The van der Waals surface area contributed by atoms with E-state index in [0.29, 0.717) is 5.02 Å². The van der Waals surface area contributed by atoms with Crippen molar-refractivity contribution >= 4 is 31.6 Å². The van der Waals surface area contributed by atoms with Crippen molar-refractivity contribution in [2.45, 2.75) is 35.2 Å². The molecule has 0 amide bonds. The molecule has 6 nitrogen and oxygen atoms in total. The van der Waals surface area contributed by atoms with Gasteiger partial charge >= 0.3 is 0 Å². The zero-order chi connectivity index (χ0) is 18.9. The Morgan fingerprint density at radius 3 is 2.27 bits per heavy atom. The van der Waals surface area contributed by atoms with Crippen LogP contribution in [0.15, 0.2) is 58.3 Å². The Bertz CT molecular complexity index is 1000. The Hall–Kier alpha value is -1.45. The Morgan fingerprint density at radius 2 is 1.65 bits per heavy atom. The minimum absolute atomic E-state index is 0.0483. The van der Waals surface area contributed by atoms with E-state index in [0.717, 1.165) is 18.4 Å². The highest BCUT2D eigenvalue weighted by Crippen LogP contribution is 2.24. The molecule has 26 heavy (non-hydrogen) atoms. The van der Waals surface area contributed by atoms with Crippen LogP contribution < -0.4 is 4.72 Å². The molecule has 0 atom stereocenters. The summed E-state index contributed by atoms with van der Waals surface area (Å²) in [5.74, 6) is 0. The van der Waals surface area contributed by atoms with Crippen molar-refractivity contribution in [2.75, 3.05) is 7.05 Å². The average Bonchev–Trinajstić information content (AvgIpc) is 3.40. The van der Waals surface area contributed by atoms with Gasteiger partial charge in [-0.1, -0.05) is 29.8 Å². The van der Waals surface area contributed by atoms with Crippen LogP contribution in [0.3, 0.4) is 0 Å². The van der Waals surface area contributed by atoms with Gasteiger partial charge in [0.2, 0.25) is 20.0 Å². The Balaban J connectivity index is 1.84. The van der Waals surface area contributed by atoms with Gasteiger partial charge in [0.15, 0.2) is 0 Å². The quantitative estimate of drug-likeness (QED) is 0.754. The third-order valence-electron chi connectivity index (χ3n) is 4.04. The van der Waals surface area contributed by atoms with Crippen molar-refractivity contribution in [3.63, 3.8) is 0 Å². The molecule has 0 aliphatic heterocycles. The second kappa shape index (κ2) is 7.28. The first-order valence-corrected chi connectivity index (χ1v) is 11.3. The predicted molar refractivity (Wildman–Crippen MR) is 99.9 cm³/mol. The van der Waals surface area contributed by atoms with Gasteiger partial charge in [-0.05, 0) is 48.7 Å². The van der Waals surface area contributed by atoms with Crippen molar-refractivity contribution in [1.29, 1.82) is 0 Å². The highest BCUT2D eigenvalue weighted by molar-refractivity contribution is 7.90. The number of rotatable bonds is 7. The highest BCUT2D eigenvalue weighted by atomic mass is 35.5. The second-order valence-electron chi connectivity index (χ2n) is 6.26. The zero-order valence-electron chi connectivity index (χ0n) is 14.1. The van der Waals surface area contributed by atoms with Gasteiger partial charge in [-0.2, -0.15) is 4.31 Å². The van der Waals surface area contributed by atoms with Crippen molar-refractivity contribution < 1.29 is 16.8 Å². The smallest absolute Gasteiger partial charge is 0.208 e. The molecule has 0 aromatic heterocycles. The number of hydrogen-bond acceptors (Lipinski definition) is 4. The lowest BCUT2D eigenvalue weighted by atomic mass is 10.2. The summed E-state index contributed by atoms with van der Waals surface area (Å²) in [6.45, 7) is 0.150. The van der Waals surface area contributed by atoms with Crippen LogP contribution >= 0.6 is 11.6 Å². The fraction of sp³-hybridized carbons (Fsp3) is 0.294. The summed E-state index contributed by atoms with van der Waals surface area (Å²) in [4.78, 5) is -0.113. The number of sulfonamides is 2. The predicted octanol–water partition coefficient (Wildman–Crippen LogP) is 2.60. The fourth-order valence-electron chi connectivity index (χ4n) is 2.40. The lowest BCUT2D eigenvalue weighted by Crippen LogP contribution is -2.28. The van der Waals surface area contributed by atoms with E-state index in [9.17, 15) is 16.8 Å². The zero-order valence-corrected chi connectivity index (χ0v) is 16.5. The van der Waals surface area contributed by atoms with Crippen LogP contribution in [-0.4, -0.2) is 34.2 Å². The number of nitrogens with one attached hydrogen (secondary N) is 1. The Morgan fingerprint density at radius 1 is 1.04 bits per heavy atom. The van der Waals surface area contributed by atoms with Crippen LogP contribution in [0.25, 0.3) is 0 Å². The minimum Gasteiger partial charge on any atom is -0.208 e. The maximum absolute atomic E-state index is 12.8. The molecule has 1 fully saturated rings. The SMILES string of the molecule is CN(Cc1ccc(Cl)cc1)S(=O)(=O)c1cccc(S(=O)(=O)NC2CC2)c1. The van der Waals surface area contributed by atoms with Crippen molar-refractivity contribution in [3.05, 3.63) is 59.1 Å². The van der Waals surface area contributed by atoms with Gasteiger partial charge in [-0.3, -0.25) is 0 Å². The molecule has 2 aromatic carbocycles. The van der Waals surface area contributed by atoms with Gasteiger partial charge < -0.3 is 0 Å². The molecular weight excluding hydrogens is 396 g/mol. The maximum atomic E-state index is 12.8. The van der Waals surface area contributed by atoms with E-state index in [1.165, 1.54) is 35.6 Å². The first-order valence-electron chi connectivity index (χ1n) is 8.02. The number of nitrogens with zero attached hydrogens (tertiary/aromatic N) is 1. The van der Waals surface area contributed by atoms with Crippen LogP contribution in [0.2, 0.25) is 5.02 Å². The van der Waals surface area contributed by atoms with E-state index in [1.54, 1.807) is 24.3 Å². The van der Waals surface area contributed by atoms with Crippen molar-refractivity contribution in [1.82, 2.24) is 9.03 Å². The summed E-state index contributed by atoms with van der Waals surface area (Å²) < 4.78 is 54.0. The molecule has 1 N–H and O–H groups in total. The van der Waals surface area contributed by atoms with E-state index in [-0.39, 0.29) is 22.4 Å². The monoisotopic (exact) mass is 414 g/mol. The number of benzene rings is 2. The van der Waals surface area contributed by atoms with Crippen LogP contribution in [0.5, 0.6) is 0 Å². The molecular formula is C17H19ClN2O4S2. The van der Waals surface area contributed by atoms with E-state index in [1.807, 2.05) is 0 Å². The number of hydrogen-bond donors (Lipinski definition) is 1. The maximum Gasteiger partial charge on any atom is 0.243 e. The lowest BCUT2D eigenvalue weighted by molar-refractivity contribution is 0.466. The van der Waals surface area contributed by atoms with Crippen LogP contribution in [0.1, 0.15) is 18.4 Å². The molecule has 0 radical (unpaired) electrons.